The standard InChI is InChI=1S/C4H8O2S/c5-4-3-7-2-1-6-4/h4-5H,1-3H2/t4-/m1/s1. The molecule has 0 radical (unpaired) electrons. The average Bonchev–Trinajstić information content (AvgIpc) is 1.69. The Labute approximate surface area is 46.9 Å². The van der Waals surface area contributed by atoms with Gasteiger partial charge in [-0.3, -0.25) is 0 Å². The Morgan fingerprint density at radius 1 is 1.71 bits per heavy atom. The Kier molecular flexibility index (Phi) is 1.97. The van der Waals surface area contributed by atoms with Crippen LogP contribution in [0.3, 0.4) is 0 Å². The number of aliphatic hydroxyl groups is 1. The van der Waals surface area contributed by atoms with Crippen molar-refractivity contribution in [2.45, 2.75) is 6.29 Å². The Hall–Kier alpha value is 0.270. The molecule has 7 heavy (non-hydrogen) atoms. The average molecular weight is 120 g/mol. The van der Waals surface area contributed by atoms with Crippen molar-refractivity contribution in [3.63, 3.8) is 0 Å². The summed E-state index contributed by atoms with van der Waals surface area (Å²) >= 11 is 1.73. The lowest BCUT2D eigenvalue weighted by molar-refractivity contribution is -0.0797. The van der Waals surface area contributed by atoms with Crippen LogP contribution in [0.1, 0.15) is 0 Å². The minimum absolute atomic E-state index is 0.501. The molecule has 1 heterocycles. The summed E-state index contributed by atoms with van der Waals surface area (Å²) in [5.41, 5.74) is 0. The molecule has 0 aromatic rings. The number of thioether (sulfide) groups is 1. The Bertz CT molecular complexity index is 51.7. The molecule has 0 spiro atoms. The number of ether oxygens (including phenoxy) is 1. The summed E-state index contributed by atoms with van der Waals surface area (Å²) in [4.78, 5) is 0. The van der Waals surface area contributed by atoms with E-state index < -0.39 is 6.29 Å². The van der Waals surface area contributed by atoms with Gasteiger partial charge < -0.3 is 9.84 Å². The first-order chi connectivity index (χ1) is 3.39. The van der Waals surface area contributed by atoms with E-state index in [1.54, 1.807) is 11.8 Å². The third kappa shape index (κ3) is 1.67. The predicted molar refractivity (Wildman–Crippen MR) is 29.3 cm³/mol. The minimum Gasteiger partial charge on any atom is -0.367 e. The second kappa shape index (κ2) is 2.55. The van der Waals surface area contributed by atoms with Gasteiger partial charge in [-0.15, -0.1) is 0 Å². The molecule has 42 valence electrons. The first kappa shape index (κ1) is 5.41. The van der Waals surface area contributed by atoms with Crippen molar-refractivity contribution < 1.29 is 9.84 Å². The molecule has 0 aliphatic carbocycles. The molecule has 1 atom stereocenters. The monoisotopic (exact) mass is 120 g/mol. The third-order valence-corrected chi connectivity index (χ3v) is 1.77. The summed E-state index contributed by atoms with van der Waals surface area (Å²) in [7, 11) is 0. The molecule has 0 unspecified atom stereocenters. The quantitative estimate of drug-likeness (QED) is 0.490. The van der Waals surface area contributed by atoms with E-state index in [-0.39, 0.29) is 0 Å². The predicted octanol–water partition coefficient (Wildman–Crippen LogP) is 0.0682. The smallest absolute Gasteiger partial charge is 0.163 e. The molecule has 3 heteroatoms. The van der Waals surface area contributed by atoms with Gasteiger partial charge in [0.15, 0.2) is 6.29 Å². The van der Waals surface area contributed by atoms with E-state index in [1.165, 1.54) is 0 Å². The summed E-state index contributed by atoms with van der Waals surface area (Å²) in [6.07, 6.45) is -0.501. The maximum absolute atomic E-state index is 8.67. The first-order valence-corrected chi connectivity index (χ1v) is 3.42. The molecular formula is C4H8O2S. The van der Waals surface area contributed by atoms with Crippen molar-refractivity contribution in [3.05, 3.63) is 0 Å². The molecule has 0 bridgehead atoms. The van der Waals surface area contributed by atoms with Gasteiger partial charge in [0.05, 0.1) is 6.61 Å². The summed E-state index contributed by atoms with van der Waals surface area (Å²) in [6.45, 7) is 0.700. The summed E-state index contributed by atoms with van der Waals surface area (Å²) in [5, 5.41) is 8.67. The van der Waals surface area contributed by atoms with Gasteiger partial charge in [-0.1, -0.05) is 0 Å². The van der Waals surface area contributed by atoms with Crippen molar-refractivity contribution in [1.29, 1.82) is 0 Å². The molecule has 1 fully saturated rings. The topological polar surface area (TPSA) is 29.5 Å². The van der Waals surface area contributed by atoms with Crippen LogP contribution in [0.5, 0.6) is 0 Å². The lowest BCUT2D eigenvalue weighted by Gasteiger charge is -2.15. The van der Waals surface area contributed by atoms with Gasteiger partial charge in [0.2, 0.25) is 0 Å². The largest absolute Gasteiger partial charge is 0.367 e. The maximum Gasteiger partial charge on any atom is 0.163 e. The third-order valence-electron chi connectivity index (χ3n) is 0.798. The van der Waals surface area contributed by atoms with Crippen molar-refractivity contribution in [1.82, 2.24) is 0 Å². The molecule has 1 aliphatic heterocycles. The number of rotatable bonds is 0. The van der Waals surface area contributed by atoms with Gasteiger partial charge in [0.1, 0.15) is 0 Å². The van der Waals surface area contributed by atoms with Crippen molar-refractivity contribution >= 4 is 11.8 Å². The highest BCUT2D eigenvalue weighted by Gasteiger charge is 2.08. The van der Waals surface area contributed by atoms with Crippen LogP contribution in [0.25, 0.3) is 0 Å². The maximum atomic E-state index is 8.67. The molecule has 1 rings (SSSR count). The lowest BCUT2D eigenvalue weighted by Crippen LogP contribution is -2.21. The van der Waals surface area contributed by atoms with Crippen LogP contribution < -0.4 is 0 Å². The zero-order valence-corrected chi connectivity index (χ0v) is 4.78. The molecular weight excluding hydrogens is 112 g/mol. The van der Waals surface area contributed by atoms with Crippen LogP contribution in [-0.2, 0) is 4.74 Å². The summed E-state index contributed by atoms with van der Waals surface area (Å²) < 4.78 is 4.81. The summed E-state index contributed by atoms with van der Waals surface area (Å²) in [6, 6.07) is 0. The molecule has 1 N–H and O–H groups in total. The number of aliphatic hydroxyl groups excluding tert-OH is 1. The van der Waals surface area contributed by atoms with Crippen molar-refractivity contribution in [2.24, 2.45) is 0 Å². The highest BCUT2D eigenvalue weighted by atomic mass is 32.2. The zero-order valence-electron chi connectivity index (χ0n) is 3.96. The van der Waals surface area contributed by atoms with E-state index in [1.807, 2.05) is 0 Å². The lowest BCUT2D eigenvalue weighted by atomic mass is 10.7. The van der Waals surface area contributed by atoms with Crippen molar-refractivity contribution in [2.75, 3.05) is 18.1 Å². The molecule has 0 aromatic carbocycles. The van der Waals surface area contributed by atoms with E-state index in [9.17, 15) is 0 Å². The second-order valence-electron chi connectivity index (χ2n) is 1.40. The van der Waals surface area contributed by atoms with Gasteiger partial charge in [-0.05, 0) is 0 Å². The van der Waals surface area contributed by atoms with E-state index in [4.69, 9.17) is 9.84 Å². The Balaban J connectivity index is 2.12. The van der Waals surface area contributed by atoms with Crippen LogP contribution in [0.2, 0.25) is 0 Å². The van der Waals surface area contributed by atoms with Gasteiger partial charge in [0, 0.05) is 11.5 Å². The minimum atomic E-state index is -0.501. The van der Waals surface area contributed by atoms with Crippen LogP contribution in [0.4, 0.5) is 0 Å². The molecule has 0 saturated carbocycles. The van der Waals surface area contributed by atoms with Crippen LogP contribution in [0.15, 0.2) is 0 Å². The highest BCUT2D eigenvalue weighted by Crippen LogP contribution is 2.09. The zero-order chi connectivity index (χ0) is 5.11. The van der Waals surface area contributed by atoms with Crippen LogP contribution >= 0.6 is 11.8 Å². The molecule has 1 aliphatic rings. The molecule has 0 amide bonds. The highest BCUT2D eigenvalue weighted by molar-refractivity contribution is 7.99. The van der Waals surface area contributed by atoms with E-state index >= 15 is 0 Å². The number of hydrogen-bond acceptors (Lipinski definition) is 3. The van der Waals surface area contributed by atoms with E-state index in [0.29, 0.717) is 6.61 Å². The molecule has 2 nitrogen and oxygen atoms in total. The molecule has 1 saturated heterocycles. The van der Waals surface area contributed by atoms with Crippen LogP contribution in [-0.4, -0.2) is 29.5 Å². The van der Waals surface area contributed by atoms with E-state index in [0.717, 1.165) is 11.5 Å². The second-order valence-corrected chi connectivity index (χ2v) is 2.55. The fraction of sp³-hybridized carbons (Fsp3) is 1.00. The SMILES string of the molecule is O[C@H]1CSCCO1. The van der Waals surface area contributed by atoms with Gasteiger partial charge >= 0.3 is 0 Å². The van der Waals surface area contributed by atoms with Gasteiger partial charge in [-0.25, -0.2) is 0 Å². The Morgan fingerprint density at radius 3 is 2.86 bits per heavy atom. The van der Waals surface area contributed by atoms with Crippen LogP contribution in [0, 0.1) is 0 Å². The normalized spacial score (nSPS) is 33.0. The summed E-state index contributed by atoms with van der Waals surface area (Å²) in [5.74, 6) is 1.76. The first-order valence-electron chi connectivity index (χ1n) is 2.27. The Morgan fingerprint density at radius 2 is 2.57 bits per heavy atom. The van der Waals surface area contributed by atoms with E-state index in [2.05, 4.69) is 0 Å². The van der Waals surface area contributed by atoms with Gasteiger partial charge in [-0.2, -0.15) is 11.8 Å². The molecule has 0 aromatic heterocycles. The van der Waals surface area contributed by atoms with Gasteiger partial charge in [0.25, 0.3) is 0 Å². The fourth-order valence-electron chi connectivity index (χ4n) is 0.475. The number of hydrogen-bond donors (Lipinski definition) is 1. The van der Waals surface area contributed by atoms with Crippen molar-refractivity contribution in [3.8, 4) is 0 Å². The fourth-order valence-corrected chi connectivity index (χ4v) is 1.15.